The van der Waals surface area contributed by atoms with Gasteiger partial charge < -0.3 is 5.32 Å². The lowest BCUT2D eigenvalue weighted by Gasteiger charge is -2.36. The van der Waals surface area contributed by atoms with Gasteiger partial charge in [0.2, 0.25) is 0 Å². The zero-order valence-corrected chi connectivity index (χ0v) is 13.0. The molecule has 1 N–H and O–H groups in total. The Balaban J connectivity index is 2.07. The molecule has 0 radical (unpaired) electrons. The Morgan fingerprint density at radius 2 is 2.00 bits per heavy atom. The lowest BCUT2D eigenvalue weighted by atomic mass is 9.88. The van der Waals surface area contributed by atoms with Crippen molar-refractivity contribution in [1.82, 2.24) is 0 Å². The minimum Gasteiger partial charge on any atom is -0.383 e. The minimum absolute atomic E-state index is 0.161. The molecule has 0 saturated heterocycles. The first-order valence-corrected chi connectivity index (χ1v) is 8.32. The summed E-state index contributed by atoms with van der Waals surface area (Å²) < 4.78 is 0.288. The van der Waals surface area contributed by atoms with Gasteiger partial charge >= 0.3 is 0 Å². The summed E-state index contributed by atoms with van der Waals surface area (Å²) in [7, 11) is 0. The van der Waals surface area contributed by atoms with Crippen molar-refractivity contribution in [2.24, 2.45) is 0 Å². The van der Waals surface area contributed by atoms with Gasteiger partial charge in [-0.15, -0.1) is 0 Å². The molecular weight excluding hydrogens is 272 g/mol. The topological polar surface area (TPSA) is 55.2 Å². The highest BCUT2D eigenvalue weighted by molar-refractivity contribution is 8.00. The van der Waals surface area contributed by atoms with Crippen LogP contribution >= 0.6 is 11.8 Å². The van der Waals surface area contributed by atoms with Crippen molar-refractivity contribution >= 4 is 23.1 Å². The summed E-state index contributed by atoms with van der Waals surface area (Å²) in [6.45, 7) is 2.78. The number of benzene rings is 1. The van der Waals surface area contributed by atoms with E-state index in [0.29, 0.717) is 0 Å². The first-order valence-electron chi connectivity index (χ1n) is 7.10. The molecule has 4 nitrogen and oxygen atoms in total. The molecule has 0 unspecified atom stereocenters. The molecule has 1 fully saturated rings. The number of nitrogens with one attached hydrogen (secondary N) is 1. The Morgan fingerprint density at radius 1 is 1.30 bits per heavy atom. The van der Waals surface area contributed by atoms with Crippen LogP contribution in [-0.4, -0.2) is 22.5 Å². The van der Waals surface area contributed by atoms with Crippen molar-refractivity contribution in [3.63, 3.8) is 0 Å². The molecule has 1 aromatic carbocycles. The molecule has 0 spiro atoms. The smallest absolute Gasteiger partial charge is 0.271 e. The first kappa shape index (κ1) is 15.2. The van der Waals surface area contributed by atoms with Crippen molar-refractivity contribution in [2.45, 2.75) is 43.8 Å². The van der Waals surface area contributed by atoms with Gasteiger partial charge in [0.25, 0.3) is 5.69 Å². The van der Waals surface area contributed by atoms with E-state index in [2.05, 4.69) is 11.6 Å². The van der Waals surface area contributed by atoms with Crippen LogP contribution in [0.1, 0.15) is 37.7 Å². The summed E-state index contributed by atoms with van der Waals surface area (Å²) in [5.74, 6) is 0. The summed E-state index contributed by atoms with van der Waals surface area (Å²) >= 11 is 1.93. The zero-order chi connectivity index (χ0) is 14.6. The molecule has 0 aromatic heterocycles. The predicted molar refractivity (Wildman–Crippen MR) is 85.7 cm³/mol. The number of nitrogens with zero attached hydrogens (tertiary/aromatic N) is 1. The fraction of sp³-hybridized carbons (Fsp3) is 0.600. The van der Waals surface area contributed by atoms with Gasteiger partial charge in [0.05, 0.1) is 4.92 Å². The number of hydrogen-bond acceptors (Lipinski definition) is 4. The first-order chi connectivity index (χ1) is 9.54. The predicted octanol–water partition coefficient (Wildman–Crippen LogP) is 4.38. The summed E-state index contributed by atoms with van der Waals surface area (Å²) in [5.41, 5.74) is 1.94. The fourth-order valence-corrected chi connectivity index (χ4v) is 3.80. The van der Waals surface area contributed by atoms with Gasteiger partial charge in [0, 0.05) is 29.1 Å². The van der Waals surface area contributed by atoms with E-state index < -0.39 is 0 Å². The maximum Gasteiger partial charge on any atom is 0.271 e. The monoisotopic (exact) mass is 294 g/mol. The van der Waals surface area contributed by atoms with E-state index in [-0.39, 0.29) is 15.4 Å². The maximum absolute atomic E-state index is 10.9. The van der Waals surface area contributed by atoms with Crippen LogP contribution in [0.4, 0.5) is 11.4 Å². The number of hydrogen-bond donors (Lipinski definition) is 1. The number of rotatable bonds is 5. The lowest BCUT2D eigenvalue weighted by molar-refractivity contribution is -0.384. The molecule has 0 amide bonds. The highest BCUT2D eigenvalue weighted by Crippen LogP contribution is 2.38. The minimum atomic E-state index is -0.330. The van der Waals surface area contributed by atoms with Crippen LogP contribution in [0.3, 0.4) is 0 Å². The summed E-state index contributed by atoms with van der Waals surface area (Å²) in [6, 6.07) is 5.21. The molecule has 0 bridgehead atoms. The Hall–Kier alpha value is -1.23. The molecule has 0 aliphatic heterocycles. The van der Waals surface area contributed by atoms with Crippen molar-refractivity contribution < 1.29 is 4.92 Å². The van der Waals surface area contributed by atoms with E-state index in [0.717, 1.165) is 17.8 Å². The van der Waals surface area contributed by atoms with Gasteiger partial charge in [-0.2, -0.15) is 11.8 Å². The van der Waals surface area contributed by atoms with Gasteiger partial charge in [-0.05, 0) is 37.7 Å². The summed E-state index contributed by atoms with van der Waals surface area (Å²) in [4.78, 5) is 10.6. The number of anilines is 1. The summed E-state index contributed by atoms with van der Waals surface area (Å²) in [6.07, 6.45) is 8.54. The molecular formula is C15H22N2O2S. The SMILES string of the molecule is CSC1(CNc2cc(C)cc([N+](=O)[O-])c2)CCCCC1. The van der Waals surface area contributed by atoms with E-state index in [9.17, 15) is 10.1 Å². The van der Waals surface area contributed by atoms with Crippen molar-refractivity contribution in [3.05, 3.63) is 33.9 Å². The van der Waals surface area contributed by atoms with Crippen LogP contribution in [0.5, 0.6) is 0 Å². The second-order valence-corrected chi connectivity index (χ2v) is 6.89. The Morgan fingerprint density at radius 3 is 2.60 bits per heavy atom. The summed E-state index contributed by atoms with van der Waals surface area (Å²) in [5, 5.41) is 14.3. The lowest BCUT2D eigenvalue weighted by Crippen LogP contribution is -2.35. The van der Waals surface area contributed by atoms with Crippen LogP contribution in [0.25, 0.3) is 0 Å². The largest absolute Gasteiger partial charge is 0.383 e. The number of nitro benzene ring substituents is 1. The van der Waals surface area contributed by atoms with E-state index in [1.807, 2.05) is 24.8 Å². The van der Waals surface area contributed by atoms with E-state index in [4.69, 9.17) is 0 Å². The Kier molecular flexibility index (Phi) is 4.91. The van der Waals surface area contributed by atoms with Gasteiger partial charge in [0.1, 0.15) is 0 Å². The number of nitro groups is 1. The Labute approximate surface area is 124 Å². The van der Waals surface area contributed by atoms with Crippen LogP contribution in [0, 0.1) is 17.0 Å². The molecule has 1 aliphatic rings. The molecule has 20 heavy (non-hydrogen) atoms. The molecule has 110 valence electrons. The molecule has 1 saturated carbocycles. The van der Waals surface area contributed by atoms with Gasteiger partial charge in [0.15, 0.2) is 0 Å². The Bertz CT molecular complexity index is 485. The van der Waals surface area contributed by atoms with Gasteiger partial charge in [-0.25, -0.2) is 0 Å². The maximum atomic E-state index is 10.9. The molecule has 2 rings (SSSR count). The second-order valence-electron chi connectivity index (χ2n) is 5.62. The molecule has 0 atom stereocenters. The highest BCUT2D eigenvalue weighted by Gasteiger charge is 2.30. The van der Waals surface area contributed by atoms with Crippen LogP contribution in [-0.2, 0) is 0 Å². The van der Waals surface area contributed by atoms with E-state index >= 15 is 0 Å². The van der Waals surface area contributed by atoms with Crippen LogP contribution < -0.4 is 5.32 Å². The van der Waals surface area contributed by atoms with Crippen molar-refractivity contribution in [2.75, 3.05) is 18.1 Å². The van der Waals surface area contributed by atoms with Gasteiger partial charge in [-0.3, -0.25) is 10.1 Å². The third kappa shape index (κ3) is 3.66. The van der Waals surface area contributed by atoms with E-state index in [1.165, 1.54) is 32.1 Å². The van der Waals surface area contributed by atoms with Crippen molar-refractivity contribution in [3.8, 4) is 0 Å². The number of aryl methyl sites for hydroxylation is 1. The average Bonchev–Trinajstić information content (AvgIpc) is 2.45. The molecule has 1 aliphatic carbocycles. The fourth-order valence-electron chi connectivity index (χ4n) is 2.88. The molecule has 1 aromatic rings. The van der Waals surface area contributed by atoms with Gasteiger partial charge in [-0.1, -0.05) is 19.3 Å². The second kappa shape index (κ2) is 6.48. The molecule has 0 heterocycles. The van der Waals surface area contributed by atoms with Crippen molar-refractivity contribution in [1.29, 1.82) is 0 Å². The standard InChI is InChI=1S/C15H22N2O2S/c1-12-8-13(10-14(9-12)17(18)19)16-11-15(20-2)6-4-3-5-7-15/h8-10,16H,3-7,11H2,1-2H3. The number of thioether (sulfide) groups is 1. The van der Waals surface area contributed by atoms with Crippen LogP contribution in [0.2, 0.25) is 0 Å². The quantitative estimate of drug-likeness (QED) is 0.646. The molecule has 5 heteroatoms. The number of non-ortho nitro benzene ring substituents is 1. The zero-order valence-electron chi connectivity index (χ0n) is 12.1. The normalized spacial score (nSPS) is 17.7. The van der Waals surface area contributed by atoms with Crippen LogP contribution in [0.15, 0.2) is 18.2 Å². The highest BCUT2D eigenvalue weighted by atomic mass is 32.2. The van der Waals surface area contributed by atoms with E-state index in [1.54, 1.807) is 12.1 Å². The third-order valence-corrected chi connectivity index (χ3v) is 5.50. The third-order valence-electron chi connectivity index (χ3n) is 4.09. The average molecular weight is 294 g/mol.